The molecule has 0 aromatic rings. The lowest BCUT2D eigenvalue weighted by Crippen LogP contribution is -2.60. The summed E-state index contributed by atoms with van der Waals surface area (Å²) in [6.45, 7) is -1.51. The highest BCUT2D eigenvalue weighted by Gasteiger charge is 2.45. The van der Waals surface area contributed by atoms with E-state index in [9.17, 15) is 20.1 Å². The number of hydrogen-bond donors (Lipinski definition) is 6. The average Bonchev–Trinajstić information content (AvgIpc) is 2.35. The van der Waals surface area contributed by atoms with E-state index in [-0.39, 0.29) is 0 Å². The number of ether oxygens (including phenoxy) is 2. The smallest absolute Gasteiger partial charge is 0.335 e. The Morgan fingerprint density at radius 2 is 1.78 bits per heavy atom. The first-order valence-corrected chi connectivity index (χ1v) is 5.22. The van der Waals surface area contributed by atoms with Crippen LogP contribution in [0.2, 0.25) is 0 Å². The summed E-state index contributed by atoms with van der Waals surface area (Å²) in [4.78, 5) is 10.6. The first-order valence-electron chi connectivity index (χ1n) is 5.22. The minimum absolute atomic E-state index is 0.651. The van der Waals surface area contributed by atoms with Crippen LogP contribution in [0.3, 0.4) is 0 Å². The van der Waals surface area contributed by atoms with Crippen molar-refractivity contribution in [3.05, 3.63) is 0 Å². The van der Waals surface area contributed by atoms with Crippen LogP contribution in [-0.4, -0.2) is 86.6 Å². The Hall–Kier alpha value is -0.810. The Kier molecular flexibility index (Phi) is 5.41. The maximum atomic E-state index is 10.6. The van der Waals surface area contributed by atoms with Gasteiger partial charge in [0.05, 0.1) is 13.2 Å². The summed E-state index contributed by atoms with van der Waals surface area (Å²) in [6, 6.07) is 0. The molecule has 0 saturated carbocycles. The summed E-state index contributed by atoms with van der Waals surface area (Å²) in [6.07, 6.45) is -9.32. The maximum Gasteiger partial charge on any atom is 0.335 e. The van der Waals surface area contributed by atoms with Crippen LogP contribution in [0, 0.1) is 0 Å². The molecule has 1 rings (SSSR count). The van der Waals surface area contributed by atoms with Crippen LogP contribution >= 0.6 is 0 Å². The fourth-order valence-corrected chi connectivity index (χ4v) is 1.52. The van der Waals surface area contributed by atoms with Crippen LogP contribution in [0.1, 0.15) is 0 Å². The Balaban J connectivity index is 2.72. The molecule has 1 heterocycles. The quantitative estimate of drug-likeness (QED) is 0.294. The van der Waals surface area contributed by atoms with Crippen molar-refractivity contribution in [2.45, 2.75) is 36.8 Å². The summed E-state index contributed by atoms with van der Waals surface area (Å²) in [5, 5.41) is 54.7. The van der Waals surface area contributed by atoms with E-state index in [2.05, 4.69) is 0 Å². The molecule has 1 aliphatic rings. The molecule has 0 spiro atoms. The van der Waals surface area contributed by atoms with Gasteiger partial charge in [-0.25, -0.2) is 4.79 Å². The van der Waals surface area contributed by atoms with Crippen LogP contribution in [-0.2, 0) is 14.3 Å². The van der Waals surface area contributed by atoms with Crippen molar-refractivity contribution < 1.29 is 44.9 Å². The van der Waals surface area contributed by atoms with Crippen molar-refractivity contribution >= 4 is 5.97 Å². The molecule has 0 bridgehead atoms. The largest absolute Gasteiger partial charge is 0.479 e. The Labute approximate surface area is 102 Å². The molecule has 1 saturated heterocycles. The van der Waals surface area contributed by atoms with E-state index in [1.807, 2.05) is 0 Å². The third-order valence-electron chi connectivity index (χ3n) is 2.59. The van der Waals surface area contributed by atoms with Crippen LogP contribution in [0.5, 0.6) is 0 Å². The summed E-state index contributed by atoms with van der Waals surface area (Å²) in [5.74, 6) is -1.48. The van der Waals surface area contributed by atoms with E-state index in [4.69, 9.17) is 24.8 Å². The van der Waals surface area contributed by atoms with E-state index in [1.165, 1.54) is 0 Å². The van der Waals surface area contributed by atoms with Gasteiger partial charge in [-0.3, -0.25) is 0 Å². The normalized spacial score (nSPS) is 38.4. The van der Waals surface area contributed by atoms with Crippen LogP contribution in [0.15, 0.2) is 0 Å². The molecule has 9 heteroatoms. The zero-order chi connectivity index (χ0) is 13.9. The molecule has 0 aliphatic carbocycles. The lowest BCUT2D eigenvalue weighted by atomic mass is 9.99. The number of hydrogen-bond acceptors (Lipinski definition) is 8. The van der Waals surface area contributed by atoms with Gasteiger partial charge in [-0.05, 0) is 0 Å². The molecule has 6 N–H and O–H groups in total. The van der Waals surface area contributed by atoms with Crippen LogP contribution < -0.4 is 0 Å². The molecular formula is C9H16O9. The zero-order valence-corrected chi connectivity index (χ0v) is 9.29. The van der Waals surface area contributed by atoms with E-state index in [0.29, 0.717) is 0 Å². The van der Waals surface area contributed by atoms with Crippen molar-refractivity contribution in [2.75, 3.05) is 13.2 Å². The van der Waals surface area contributed by atoms with Gasteiger partial charge < -0.3 is 40.1 Å². The molecule has 1 aliphatic heterocycles. The molecule has 2 unspecified atom stereocenters. The summed E-state index contributed by atoms with van der Waals surface area (Å²) < 4.78 is 9.67. The average molecular weight is 268 g/mol. The fourth-order valence-electron chi connectivity index (χ4n) is 1.52. The molecule has 9 nitrogen and oxygen atoms in total. The number of aliphatic hydroxyl groups excluding tert-OH is 5. The Morgan fingerprint density at radius 1 is 1.17 bits per heavy atom. The molecule has 1 fully saturated rings. The molecule has 0 aromatic heterocycles. The summed E-state index contributed by atoms with van der Waals surface area (Å²) in [5.41, 5.74) is 0. The summed E-state index contributed by atoms with van der Waals surface area (Å²) >= 11 is 0. The third kappa shape index (κ3) is 3.14. The number of carboxylic acids is 1. The minimum Gasteiger partial charge on any atom is -0.479 e. The fraction of sp³-hybridized carbons (Fsp3) is 0.889. The predicted octanol–water partition coefficient (Wildman–Crippen LogP) is -3.75. The first-order chi connectivity index (χ1) is 8.42. The van der Waals surface area contributed by atoms with Gasteiger partial charge in [-0.1, -0.05) is 0 Å². The standard InChI is InChI=1S/C9H16O9/c10-1-3-5(12)6(13)7(14)9(17-3)18-4(2-11)8(15)16/h3-7,9-14H,1-2H2,(H,15,16)/t3?,4-,5-,6-,7?,9+/m0/s1. The number of carboxylic acid groups (broad SMARTS) is 1. The van der Waals surface area contributed by atoms with Gasteiger partial charge in [0.1, 0.15) is 24.4 Å². The van der Waals surface area contributed by atoms with Gasteiger partial charge in [0.15, 0.2) is 12.4 Å². The van der Waals surface area contributed by atoms with Gasteiger partial charge in [-0.15, -0.1) is 0 Å². The highest BCUT2D eigenvalue weighted by atomic mass is 16.7. The second kappa shape index (κ2) is 6.38. The second-order valence-electron chi connectivity index (χ2n) is 3.84. The lowest BCUT2D eigenvalue weighted by molar-refractivity contribution is -0.311. The Morgan fingerprint density at radius 3 is 2.22 bits per heavy atom. The van der Waals surface area contributed by atoms with Crippen LogP contribution in [0.25, 0.3) is 0 Å². The molecule has 0 radical (unpaired) electrons. The highest BCUT2D eigenvalue weighted by Crippen LogP contribution is 2.22. The minimum atomic E-state index is -1.70. The molecule has 106 valence electrons. The molecule has 0 amide bonds. The SMILES string of the molecule is O=C(O)[C@H](CO)O[C@H]1OC(CO)[C@H](O)[C@H](O)C1O. The Bertz CT molecular complexity index is 281. The second-order valence-corrected chi connectivity index (χ2v) is 3.84. The third-order valence-corrected chi connectivity index (χ3v) is 2.59. The van der Waals surface area contributed by atoms with Gasteiger partial charge in [0, 0.05) is 0 Å². The van der Waals surface area contributed by atoms with Gasteiger partial charge >= 0.3 is 5.97 Å². The molecule has 6 atom stereocenters. The van der Waals surface area contributed by atoms with Gasteiger partial charge in [0.2, 0.25) is 0 Å². The molecular weight excluding hydrogens is 252 g/mol. The van der Waals surface area contributed by atoms with Crippen LogP contribution in [0.4, 0.5) is 0 Å². The number of aliphatic hydroxyl groups is 5. The van der Waals surface area contributed by atoms with Crippen molar-refractivity contribution in [3.63, 3.8) is 0 Å². The van der Waals surface area contributed by atoms with Crippen molar-refractivity contribution in [1.29, 1.82) is 0 Å². The molecule has 0 aromatic carbocycles. The van der Waals surface area contributed by atoms with E-state index >= 15 is 0 Å². The highest BCUT2D eigenvalue weighted by molar-refractivity contribution is 5.72. The van der Waals surface area contributed by atoms with E-state index in [0.717, 1.165) is 0 Å². The predicted molar refractivity (Wildman–Crippen MR) is 53.4 cm³/mol. The van der Waals surface area contributed by atoms with E-state index < -0.39 is 56.0 Å². The van der Waals surface area contributed by atoms with Crippen molar-refractivity contribution in [1.82, 2.24) is 0 Å². The van der Waals surface area contributed by atoms with E-state index in [1.54, 1.807) is 0 Å². The van der Waals surface area contributed by atoms with Crippen molar-refractivity contribution in [2.24, 2.45) is 0 Å². The zero-order valence-electron chi connectivity index (χ0n) is 9.29. The van der Waals surface area contributed by atoms with Gasteiger partial charge in [-0.2, -0.15) is 0 Å². The molecule has 18 heavy (non-hydrogen) atoms. The van der Waals surface area contributed by atoms with Crippen molar-refractivity contribution in [3.8, 4) is 0 Å². The topological polar surface area (TPSA) is 157 Å². The number of carbonyl (C=O) groups is 1. The van der Waals surface area contributed by atoms with Gasteiger partial charge in [0.25, 0.3) is 0 Å². The first kappa shape index (κ1) is 15.2. The summed E-state index contributed by atoms with van der Waals surface area (Å²) in [7, 11) is 0. The lowest BCUT2D eigenvalue weighted by Gasteiger charge is -2.40. The number of rotatable bonds is 5. The number of aliphatic carboxylic acids is 1. The monoisotopic (exact) mass is 268 g/mol. The maximum absolute atomic E-state index is 10.6.